The van der Waals surface area contributed by atoms with E-state index in [0.717, 1.165) is 16.9 Å². The summed E-state index contributed by atoms with van der Waals surface area (Å²) < 4.78 is 11.6. The molecule has 0 aliphatic carbocycles. The number of benzene rings is 2. The third-order valence-corrected chi connectivity index (χ3v) is 3.93. The minimum atomic E-state index is -0.511. The smallest absolute Gasteiger partial charge is 0.261 e. The molecule has 0 saturated heterocycles. The number of hydrogen-bond donors (Lipinski definition) is 1. The molecular weight excluding hydrogens is 314 g/mol. The van der Waals surface area contributed by atoms with Crippen molar-refractivity contribution < 1.29 is 14.3 Å². The van der Waals surface area contributed by atoms with Gasteiger partial charge in [-0.05, 0) is 51.0 Å². The summed E-state index contributed by atoms with van der Waals surface area (Å²) in [6.45, 7) is 8.30. The Morgan fingerprint density at radius 1 is 1.08 bits per heavy atom. The molecule has 2 aromatic rings. The second kappa shape index (κ2) is 9.11. The molecule has 0 aliphatic rings. The van der Waals surface area contributed by atoms with Crippen LogP contribution in [0.1, 0.15) is 31.4 Å². The molecule has 134 valence electrons. The van der Waals surface area contributed by atoms with Crippen LogP contribution in [0.3, 0.4) is 0 Å². The highest BCUT2D eigenvalue weighted by Crippen LogP contribution is 2.17. The van der Waals surface area contributed by atoms with E-state index in [4.69, 9.17) is 9.47 Å². The molecule has 0 heterocycles. The maximum absolute atomic E-state index is 12.4. The molecule has 0 fully saturated rings. The second-order valence-corrected chi connectivity index (χ2v) is 6.31. The number of amides is 1. The molecule has 0 aromatic heterocycles. The van der Waals surface area contributed by atoms with Crippen LogP contribution in [-0.2, 0) is 4.79 Å². The lowest BCUT2D eigenvalue weighted by molar-refractivity contribution is -0.128. The van der Waals surface area contributed by atoms with Gasteiger partial charge in [0.05, 0.1) is 6.04 Å². The lowest BCUT2D eigenvalue weighted by Crippen LogP contribution is -2.44. The molecule has 1 N–H and O–H groups in total. The molecule has 0 aliphatic heterocycles. The first-order valence-electron chi connectivity index (χ1n) is 8.71. The van der Waals surface area contributed by atoms with Crippen molar-refractivity contribution in [3.63, 3.8) is 0 Å². The Morgan fingerprint density at radius 2 is 1.76 bits per heavy atom. The Hall–Kier alpha value is -2.49. The van der Waals surface area contributed by atoms with Gasteiger partial charge in [-0.25, -0.2) is 0 Å². The van der Waals surface area contributed by atoms with Gasteiger partial charge in [0, 0.05) is 0 Å². The molecule has 0 radical (unpaired) electrons. The van der Waals surface area contributed by atoms with Gasteiger partial charge in [0.15, 0.2) is 6.10 Å². The van der Waals surface area contributed by atoms with Crippen molar-refractivity contribution in [2.75, 3.05) is 6.61 Å². The van der Waals surface area contributed by atoms with E-state index >= 15 is 0 Å². The molecule has 2 aromatic carbocycles. The van der Waals surface area contributed by atoms with E-state index in [9.17, 15) is 4.79 Å². The van der Waals surface area contributed by atoms with Crippen LogP contribution >= 0.6 is 0 Å². The summed E-state index contributed by atoms with van der Waals surface area (Å²) >= 11 is 0. The van der Waals surface area contributed by atoms with Gasteiger partial charge in [-0.1, -0.05) is 42.8 Å². The Kier molecular flexibility index (Phi) is 6.87. The number of carbonyl (C=O) groups is 1. The molecule has 2 unspecified atom stereocenters. The highest BCUT2D eigenvalue weighted by molar-refractivity contribution is 5.81. The minimum absolute atomic E-state index is 0.109. The van der Waals surface area contributed by atoms with Crippen molar-refractivity contribution in [2.45, 2.75) is 46.3 Å². The van der Waals surface area contributed by atoms with Gasteiger partial charge in [-0.15, -0.1) is 0 Å². The summed E-state index contributed by atoms with van der Waals surface area (Å²) in [6.07, 6.45) is 0.0917. The minimum Gasteiger partial charge on any atom is -0.491 e. The Balaban J connectivity index is 1.85. The maximum atomic E-state index is 12.4. The van der Waals surface area contributed by atoms with E-state index < -0.39 is 6.10 Å². The Morgan fingerprint density at radius 3 is 2.40 bits per heavy atom. The normalized spacial score (nSPS) is 13.0. The fraction of sp³-hybridized carbons (Fsp3) is 0.381. The third-order valence-electron chi connectivity index (χ3n) is 3.93. The molecule has 2 atom stereocenters. The average Bonchev–Trinajstić information content (AvgIpc) is 2.60. The van der Waals surface area contributed by atoms with Crippen LogP contribution < -0.4 is 14.8 Å². The molecule has 0 spiro atoms. The monoisotopic (exact) mass is 341 g/mol. The summed E-state index contributed by atoms with van der Waals surface area (Å²) in [4.78, 5) is 12.4. The van der Waals surface area contributed by atoms with Gasteiger partial charge in [-0.3, -0.25) is 4.79 Å². The Labute approximate surface area is 150 Å². The molecule has 0 saturated carbocycles. The number of nitrogens with one attached hydrogen (secondary N) is 1. The second-order valence-electron chi connectivity index (χ2n) is 6.31. The topological polar surface area (TPSA) is 47.6 Å². The van der Waals surface area contributed by atoms with Crippen LogP contribution in [0, 0.1) is 13.8 Å². The standard InChI is InChI=1S/C21H27NO3/c1-5-19(25-18-12-10-15(2)11-13-18)21(23)22-17(4)14-24-20-9-7-6-8-16(20)3/h6-13,17,19H,5,14H2,1-4H3,(H,22,23). The lowest BCUT2D eigenvalue weighted by atomic mass is 10.2. The van der Waals surface area contributed by atoms with Crippen LogP contribution in [0.5, 0.6) is 11.5 Å². The van der Waals surface area contributed by atoms with E-state index in [1.54, 1.807) is 0 Å². The van der Waals surface area contributed by atoms with Crippen molar-refractivity contribution in [3.8, 4) is 11.5 Å². The quantitative estimate of drug-likeness (QED) is 0.788. The van der Waals surface area contributed by atoms with Crippen molar-refractivity contribution in [3.05, 3.63) is 59.7 Å². The van der Waals surface area contributed by atoms with E-state index in [0.29, 0.717) is 18.8 Å². The molecule has 4 nitrogen and oxygen atoms in total. The SMILES string of the molecule is CCC(Oc1ccc(C)cc1)C(=O)NC(C)COc1ccccc1C. The van der Waals surface area contributed by atoms with Gasteiger partial charge < -0.3 is 14.8 Å². The predicted octanol–water partition coefficient (Wildman–Crippen LogP) is 4.04. The molecule has 4 heteroatoms. The van der Waals surface area contributed by atoms with Crippen LogP contribution in [0.15, 0.2) is 48.5 Å². The first kappa shape index (κ1) is 18.8. The summed E-state index contributed by atoms with van der Waals surface area (Å²) in [5, 5.41) is 2.96. The van der Waals surface area contributed by atoms with Crippen LogP contribution in [-0.4, -0.2) is 24.7 Å². The van der Waals surface area contributed by atoms with Crippen molar-refractivity contribution in [1.29, 1.82) is 0 Å². The van der Waals surface area contributed by atoms with E-state index in [1.807, 2.05) is 76.2 Å². The van der Waals surface area contributed by atoms with E-state index in [1.165, 1.54) is 0 Å². The molecular formula is C21H27NO3. The number of hydrogen-bond acceptors (Lipinski definition) is 3. The van der Waals surface area contributed by atoms with Crippen molar-refractivity contribution >= 4 is 5.91 Å². The summed E-state index contributed by atoms with van der Waals surface area (Å²) in [5.41, 5.74) is 2.24. The van der Waals surface area contributed by atoms with Crippen LogP contribution in [0.4, 0.5) is 0 Å². The zero-order chi connectivity index (χ0) is 18.2. The van der Waals surface area contributed by atoms with Gasteiger partial charge in [0.1, 0.15) is 18.1 Å². The van der Waals surface area contributed by atoms with Crippen molar-refractivity contribution in [2.24, 2.45) is 0 Å². The van der Waals surface area contributed by atoms with Crippen molar-refractivity contribution in [1.82, 2.24) is 5.32 Å². The molecule has 1 amide bonds. The van der Waals surface area contributed by atoms with Crippen LogP contribution in [0.25, 0.3) is 0 Å². The van der Waals surface area contributed by atoms with Gasteiger partial charge >= 0.3 is 0 Å². The highest BCUT2D eigenvalue weighted by atomic mass is 16.5. The number of ether oxygens (including phenoxy) is 2. The maximum Gasteiger partial charge on any atom is 0.261 e. The molecule has 25 heavy (non-hydrogen) atoms. The number of rotatable bonds is 8. The lowest BCUT2D eigenvalue weighted by Gasteiger charge is -2.21. The average molecular weight is 341 g/mol. The summed E-state index contributed by atoms with van der Waals surface area (Å²) in [5.74, 6) is 1.42. The largest absolute Gasteiger partial charge is 0.491 e. The summed E-state index contributed by atoms with van der Waals surface area (Å²) in [7, 11) is 0. The van der Waals surface area contributed by atoms with E-state index in [-0.39, 0.29) is 11.9 Å². The number of carbonyl (C=O) groups excluding carboxylic acids is 1. The van der Waals surface area contributed by atoms with Gasteiger partial charge in [0.25, 0.3) is 5.91 Å². The fourth-order valence-electron chi connectivity index (χ4n) is 2.41. The number of para-hydroxylation sites is 1. The predicted molar refractivity (Wildman–Crippen MR) is 100 cm³/mol. The first-order chi connectivity index (χ1) is 12.0. The zero-order valence-electron chi connectivity index (χ0n) is 15.4. The summed E-state index contributed by atoms with van der Waals surface area (Å²) in [6, 6.07) is 15.4. The fourth-order valence-corrected chi connectivity index (χ4v) is 2.41. The number of aryl methyl sites for hydroxylation is 2. The van der Waals surface area contributed by atoms with E-state index in [2.05, 4.69) is 5.32 Å². The first-order valence-corrected chi connectivity index (χ1v) is 8.71. The highest BCUT2D eigenvalue weighted by Gasteiger charge is 2.20. The Bertz CT molecular complexity index is 682. The molecule has 0 bridgehead atoms. The third kappa shape index (κ3) is 5.82. The molecule has 2 rings (SSSR count). The zero-order valence-corrected chi connectivity index (χ0v) is 15.4. The van der Waals surface area contributed by atoms with Crippen LogP contribution in [0.2, 0.25) is 0 Å². The van der Waals surface area contributed by atoms with Gasteiger partial charge in [-0.2, -0.15) is 0 Å². The van der Waals surface area contributed by atoms with Gasteiger partial charge in [0.2, 0.25) is 0 Å².